The third-order valence-electron chi connectivity index (χ3n) is 4.51. The average Bonchev–Trinajstić information content (AvgIpc) is 3.31. The van der Waals surface area contributed by atoms with Crippen molar-refractivity contribution in [2.24, 2.45) is 0 Å². The van der Waals surface area contributed by atoms with E-state index in [1.54, 1.807) is 0 Å². The lowest BCUT2D eigenvalue weighted by atomic mass is 10.2. The molecule has 1 fully saturated rings. The van der Waals surface area contributed by atoms with Gasteiger partial charge in [-0.1, -0.05) is 0 Å². The van der Waals surface area contributed by atoms with Crippen LogP contribution in [-0.4, -0.2) is 60.3 Å². The summed E-state index contributed by atoms with van der Waals surface area (Å²) in [5, 5.41) is 13.0. The number of ether oxygens (including phenoxy) is 1. The van der Waals surface area contributed by atoms with E-state index in [2.05, 4.69) is 10.3 Å². The summed E-state index contributed by atoms with van der Waals surface area (Å²) in [7, 11) is -5.08. The van der Waals surface area contributed by atoms with Gasteiger partial charge >= 0.3 is 12.2 Å². The second kappa shape index (κ2) is 9.09. The summed E-state index contributed by atoms with van der Waals surface area (Å²) in [6.45, 7) is 4.88. The molecule has 1 aromatic heterocycles. The first-order valence-electron chi connectivity index (χ1n) is 9.69. The molecule has 10 nitrogen and oxygen atoms in total. The smallest absolute Gasteiger partial charge is 0.430 e. The van der Waals surface area contributed by atoms with Crippen molar-refractivity contribution in [1.82, 2.24) is 9.88 Å². The Labute approximate surface area is 192 Å². The van der Waals surface area contributed by atoms with Crippen LogP contribution in [0, 0.1) is 11.6 Å². The topological polar surface area (TPSA) is 129 Å². The summed E-state index contributed by atoms with van der Waals surface area (Å²) < 4.78 is 61.5. The van der Waals surface area contributed by atoms with Crippen molar-refractivity contribution in [3.63, 3.8) is 0 Å². The lowest BCUT2D eigenvalue weighted by Crippen LogP contribution is -2.41. The van der Waals surface area contributed by atoms with E-state index < -0.39 is 50.4 Å². The fourth-order valence-electron chi connectivity index (χ4n) is 3.19. The van der Waals surface area contributed by atoms with E-state index >= 15 is 0 Å². The van der Waals surface area contributed by atoms with Gasteiger partial charge in [0.05, 0.1) is 5.51 Å². The minimum absolute atomic E-state index is 0.0707. The summed E-state index contributed by atoms with van der Waals surface area (Å²) in [6.07, 6.45) is -2.07. The minimum atomic E-state index is -5.08. The molecule has 1 aliphatic heterocycles. The number of benzene rings is 1. The van der Waals surface area contributed by atoms with E-state index in [1.165, 1.54) is 31.7 Å². The van der Waals surface area contributed by atoms with Crippen molar-refractivity contribution in [1.29, 1.82) is 0 Å². The number of likely N-dealkylation sites (tertiary alicyclic amines) is 1. The fraction of sp³-hybridized carbons (Fsp3) is 0.421. The van der Waals surface area contributed by atoms with Gasteiger partial charge in [-0.2, -0.15) is 0 Å². The number of carbonyl (C=O) groups is 2. The Morgan fingerprint density at radius 1 is 1.30 bits per heavy atom. The van der Waals surface area contributed by atoms with Gasteiger partial charge in [-0.3, -0.25) is 0 Å². The van der Waals surface area contributed by atoms with Gasteiger partial charge in [0.25, 0.3) is 10.0 Å². The van der Waals surface area contributed by atoms with E-state index in [-0.39, 0.29) is 28.9 Å². The van der Waals surface area contributed by atoms with E-state index in [1.807, 2.05) is 0 Å². The third kappa shape index (κ3) is 5.50. The Hall–Kier alpha value is -3.00. The second-order valence-corrected chi connectivity index (χ2v) is 10.7. The monoisotopic (exact) mass is 504 g/mol. The molecule has 1 saturated heterocycles. The number of carbonyl (C=O) groups excluding carboxylic acids is 1. The number of amides is 2. The molecule has 1 aromatic carbocycles. The van der Waals surface area contributed by atoms with Crippen molar-refractivity contribution < 1.29 is 36.6 Å². The zero-order valence-corrected chi connectivity index (χ0v) is 19.5. The molecule has 2 N–H and O–H groups in total. The molecule has 0 aliphatic carbocycles. The Morgan fingerprint density at radius 3 is 2.42 bits per heavy atom. The molecule has 1 aliphatic rings. The van der Waals surface area contributed by atoms with E-state index in [0.29, 0.717) is 6.42 Å². The van der Waals surface area contributed by atoms with Crippen LogP contribution in [0.1, 0.15) is 27.2 Å². The summed E-state index contributed by atoms with van der Waals surface area (Å²) in [5.74, 6) is -3.24. The number of thiazole rings is 1. The van der Waals surface area contributed by atoms with Crippen LogP contribution >= 0.6 is 11.3 Å². The molecule has 33 heavy (non-hydrogen) atoms. The number of hydrogen-bond donors (Lipinski definition) is 2. The highest BCUT2D eigenvalue weighted by Crippen LogP contribution is 2.31. The molecule has 0 radical (unpaired) electrons. The molecule has 180 valence electrons. The molecule has 0 spiro atoms. The van der Waals surface area contributed by atoms with Crippen LogP contribution in [0.25, 0.3) is 0 Å². The zero-order chi connectivity index (χ0) is 24.6. The molecule has 3 rings (SSSR count). The Balaban J connectivity index is 1.94. The minimum Gasteiger partial charge on any atom is -0.465 e. The highest BCUT2D eigenvalue weighted by Gasteiger charge is 2.40. The first-order valence-corrected chi connectivity index (χ1v) is 12.1. The standard InChI is InChI=1S/C19H22F2N4O6S2/c1-19(2,3)31-18(28)25(15-9-32-10-22-15)33(29,30)16-13(20)6-12(7-14(16)21)23-11-4-5-24(8-11)17(26)27/h6-7,9-11,23H,4-5,8H2,1-3H3,(H,26,27). The third-order valence-corrected chi connectivity index (χ3v) is 6.81. The van der Waals surface area contributed by atoms with E-state index in [0.717, 1.165) is 28.4 Å². The van der Waals surface area contributed by atoms with Crippen molar-refractivity contribution in [2.45, 2.75) is 43.7 Å². The number of rotatable bonds is 5. The van der Waals surface area contributed by atoms with Gasteiger partial charge in [-0.05, 0) is 39.3 Å². The maximum atomic E-state index is 14.9. The van der Waals surface area contributed by atoms with Crippen LogP contribution in [0.15, 0.2) is 27.9 Å². The van der Waals surface area contributed by atoms with Crippen molar-refractivity contribution in [2.75, 3.05) is 22.7 Å². The number of sulfonamides is 1. The van der Waals surface area contributed by atoms with Crippen LogP contribution < -0.4 is 9.62 Å². The van der Waals surface area contributed by atoms with Crippen LogP contribution in [0.4, 0.5) is 29.9 Å². The Bertz CT molecular complexity index is 1130. The maximum Gasteiger partial charge on any atom is 0.430 e. The lowest BCUT2D eigenvalue weighted by molar-refractivity contribution is 0.0608. The predicted molar refractivity (Wildman–Crippen MR) is 116 cm³/mol. The van der Waals surface area contributed by atoms with Gasteiger partial charge in [-0.15, -0.1) is 15.6 Å². The predicted octanol–water partition coefficient (Wildman–Crippen LogP) is 3.72. The largest absolute Gasteiger partial charge is 0.465 e. The summed E-state index contributed by atoms with van der Waals surface area (Å²) in [4.78, 5) is 27.3. The Kier molecular flexibility index (Phi) is 6.79. The molecule has 2 aromatic rings. The van der Waals surface area contributed by atoms with Gasteiger partial charge in [0.1, 0.15) is 17.2 Å². The Morgan fingerprint density at radius 2 is 1.94 bits per heavy atom. The summed E-state index contributed by atoms with van der Waals surface area (Å²) in [6, 6.07) is 1.14. The number of nitrogens with one attached hydrogen (secondary N) is 1. The molecule has 0 saturated carbocycles. The molecule has 1 unspecified atom stereocenters. The SMILES string of the molecule is CC(C)(C)OC(=O)N(c1cscn1)S(=O)(=O)c1c(F)cc(NC2CCN(C(=O)O)C2)cc1F. The quantitative estimate of drug-likeness (QED) is 0.630. The molecule has 2 amide bonds. The number of nitrogens with zero attached hydrogens (tertiary/aromatic N) is 3. The van der Waals surface area contributed by atoms with Crippen molar-refractivity contribution >= 4 is 45.1 Å². The number of halogens is 2. The highest BCUT2D eigenvalue weighted by molar-refractivity contribution is 7.93. The number of carboxylic acid groups (broad SMARTS) is 1. The first-order chi connectivity index (χ1) is 15.3. The highest BCUT2D eigenvalue weighted by atomic mass is 32.2. The average molecular weight is 505 g/mol. The summed E-state index contributed by atoms with van der Waals surface area (Å²) in [5.41, 5.74) is 0.0968. The number of hydrogen-bond acceptors (Lipinski definition) is 8. The zero-order valence-electron chi connectivity index (χ0n) is 17.9. The van der Waals surface area contributed by atoms with E-state index in [9.17, 15) is 26.8 Å². The maximum absolute atomic E-state index is 14.9. The van der Waals surface area contributed by atoms with Gasteiger partial charge < -0.3 is 20.1 Å². The van der Waals surface area contributed by atoms with E-state index in [4.69, 9.17) is 9.84 Å². The number of aromatic nitrogens is 1. The molecule has 0 bridgehead atoms. The van der Waals surface area contributed by atoms with Gasteiger partial charge in [0.15, 0.2) is 10.7 Å². The molecular formula is C19H22F2N4O6S2. The normalized spacial score (nSPS) is 16.5. The van der Waals surface area contributed by atoms with Gasteiger partial charge in [0.2, 0.25) is 0 Å². The summed E-state index contributed by atoms with van der Waals surface area (Å²) >= 11 is 0.977. The molecular weight excluding hydrogens is 482 g/mol. The number of anilines is 2. The van der Waals surface area contributed by atoms with Crippen LogP contribution in [0.5, 0.6) is 0 Å². The van der Waals surface area contributed by atoms with Crippen LogP contribution in [-0.2, 0) is 14.8 Å². The fourth-order valence-corrected chi connectivity index (χ4v) is 5.15. The van der Waals surface area contributed by atoms with Crippen molar-refractivity contribution in [3.05, 3.63) is 34.7 Å². The molecule has 14 heteroatoms. The lowest BCUT2D eigenvalue weighted by Gasteiger charge is -2.26. The molecule has 1 atom stereocenters. The van der Waals surface area contributed by atoms with Crippen LogP contribution in [0.3, 0.4) is 0 Å². The van der Waals surface area contributed by atoms with Crippen molar-refractivity contribution in [3.8, 4) is 0 Å². The van der Waals surface area contributed by atoms with Crippen LogP contribution in [0.2, 0.25) is 0 Å². The molecule has 2 heterocycles. The van der Waals surface area contributed by atoms with Gasteiger partial charge in [0, 0.05) is 30.2 Å². The second-order valence-electron chi connectivity index (χ2n) is 8.22. The first kappa shape index (κ1) is 24.6. The van der Waals surface area contributed by atoms with Gasteiger partial charge in [-0.25, -0.2) is 31.8 Å².